The standard InChI is InChI=1S/C3H6N6O2/c1-8(10)7-11-3-9-2-4-5-6-9/h2H,3H2,1H3. The van der Waals surface area contributed by atoms with Crippen molar-refractivity contribution in [1.82, 2.24) is 20.2 Å². The van der Waals surface area contributed by atoms with Gasteiger partial charge in [0.1, 0.15) is 6.33 Å². The monoisotopic (exact) mass is 158 g/mol. The van der Waals surface area contributed by atoms with E-state index < -0.39 is 0 Å². The molecule has 0 bridgehead atoms. The molecule has 0 aliphatic heterocycles. The van der Waals surface area contributed by atoms with Gasteiger partial charge in [0.05, 0.1) is 0 Å². The molecule has 0 saturated carbocycles. The van der Waals surface area contributed by atoms with E-state index in [1.807, 2.05) is 0 Å². The third kappa shape index (κ3) is 2.56. The summed E-state index contributed by atoms with van der Waals surface area (Å²) in [6, 6.07) is 0. The number of aromatic nitrogens is 4. The normalized spacial score (nSPS) is 11.5. The first-order valence-corrected chi connectivity index (χ1v) is 2.73. The zero-order valence-corrected chi connectivity index (χ0v) is 5.78. The molecule has 0 unspecified atom stereocenters. The Morgan fingerprint density at radius 3 is 3.18 bits per heavy atom. The van der Waals surface area contributed by atoms with Crippen LogP contribution in [0.1, 0.15) is 0 Å². The molecule has 60 valence electrons. The van der Waals surface area contributed by atoms with Gasteiger partial charge in [0.2, 0.25) is 12.0 Å². The highest BCUT2D eigenvalue weighted by Crippen LogP contribution is 1.81. The zero-order valence-electron chi connectivity index (χ0n) is 5.78. The van der Waals surface area contributed by atoms with Gasteiger partial charge in [0.15, 0.2) is 7.05 Å². The maximum Gasteiger partial charge on any atom is 0.217 e. The molecule has 1 aromatic heterocycles. The van der Waals surface area contributed by atoms with Crippen molar-refractivity contribution >= 4 is 0 Å². The quantitative estimate of drug-likeness (QED) is 0.324. The Morgan fingerprint density at radius 2 is 2.64 bits per heavy atom. The van der Waals surface area contributed by atoms with Gasteiger partial charge in [-0.25, -0.2) is 0 Å². The molecule has 1 aromatic rings. The molecule has 0 fully saturated rings. The predicted molar refractivity (Wildman–Crippen MR) is 30.9 cm³/mol. The van der Waals surface area contributed by atoms with E-state index >= 15 is 0 Å². The number of nitrogens with zero attached hydrogens (tertiary/aromatic N) is 6. The number of tetrazole rings is 1. The van der Waals surface area contributed by atoms with Crippen LogP contribution in [0.5, 0.6) is 0 Å². The lowest BCUT2D eigenvalue weighted by Crippen LogP contribution is -2.01. The van der Waals surface area contributed by atoms with Crippen LogP contribution in [0.3, 0.4) is 0 Å². The molecule has 0 amide bonds. The van der Waals surface area contributed by atoms with Gasteiger partial charge in [0.25, 0.3) is 0 Å². The van der Waals surface area contributed by atoms with Gasteiger partial charge in [-0.3, -0.25) is 0 Å². The molecule has 0 radical (unpaired) electrons. The van der Waals surface area contributed by atoms with Crippen LogP contribution in [0.25, 0.3) is 0 Å². The van der Waals surface area contributed by atoms with Crippen molar-refractivity contribution < 1.29 is 9.70 Å². The van der Waals surface area contributed by atoms with Gasteiger partial charge in [-0.15, -0.1) is 5.10 Å². The SMILES string of the molecule is C[N+]([O-])=NOCn1cnnn1. The summed E-state index contributed by atoms with van der Waals surface area (Å²) in [6.45, 7) is 0.0274. The van der Waals surface area contributed by atoms with Crippen molar-refractivity contribution in [3.8, 4) is 0 Å². The Balaban J connectivity index is 2.30. The van der Waals surface area contributed by atoms with Crippen LogP contribution in [-0.2, 0) is 11.6 Å². The number of hydrogen-bond acceptors (Lipinski definition) is 6. The van der Waals surface area contributed by atoms with E-state index in [-0.39, 0.29) is 6.73 Å². The van der Waals surface area contributed by atoms with Crippen LogP contribution in [0.4, 0.5) is 0 Å². The zero-order chi connectivity index (χ0) is 8.10. The maximum absolute atomic E-state index is 10.1. The minimum atomic E-state index is 0.0274. The minimum absolute atomic E-state index is 0.0274. The average Bonchev–Trinajstić information content (AvgIpc) is 2.39. The molecule has 11 heavy (non-hydrogen) atoms. The molecule has 8 heteroatoms. The van der Waals surface area contributed by atoms with Gasteiger partial charge < -0.3 is 10.0 Å². The molecular weight excluding hydrogens is 152 g/mol. The molecule has 1 heterocycles. The van der Waals surface area contributed by atoms with E-state index in [1.54, 1.807) is 0 Å². The Bertz CT molecular complexity index is 226. The summed E-state index contributed by atoms with van der Waals surface area (Å²) >= 11 is 0. The first-order valence-electron chi connectivity index (χ1n) is 2.73. The van der Waals surface area contributed by atoms with Crippen LogP contribution in [0.2, 0.25) is 0 Å². The van der Waals surface area contributed by atoms with Crippen molar-refractivity contribution in [2.45, 2.75) is 6.73 Å². The highest BCUT2D eigenvalue weighted by Gasteiger charge is 1.91. The maximum atomic E-state index is 10.1. The van der Waals surface area contributed by atoms with Crippen molar-refractivity contribution in [3.63, 3.8) is 0 Å². The summed E-state index contributed by atoms with van der Waals surface area (Å²) in [5, 5.41) is 23.3. The first-order chi connectivity index (χ1) is 5.29. The van der Waals surface area contributed by atoms with E-state index in [4.69, 9.17) is 0 Å². The molecule has 0 spiro atoms. The highest BCUT2D eigenvalue weighted by atomic mass is 16.7. The largest absolute Gasteiger partial charge is 0.598 e. The highest BCUT2D eigenvalue weighted by molar-refractivity contribution is 4.38. The summed E-state index contributed by atoms with van der Waals surface area (Å²) in [5.41, 5.74) is 0. The molecule has 0 atom stereocenters. The third-order valence-corrected chi connectivity index (χ3v) is 0.754. The summed E-state index contributed by atoms with van der Waals surface area (Å²) in [7, 11) is 1.21. The van der Waals surface area contributed by atoms with Gasteiger partial charge in [0, 0.05) is 0 Å². The smallest absolute Gasteiger partial charge is 0.217 e. The summed E-state index contributed by atoms with van der Waals surface area (Å²) in [6.07, 6.45) is 1.35. The third-order valence-electron chi connectivity index (χ3n) is 0.754. The van der Waals surface area contributed by atoms with Crippen molar-refractivity contribution in [2.24, 2.45) is 5.28 Å². The van der Waals surface area contributed by atoms with Crippen LogP contribution in [0, 0.1) is 5.21 Å². The van der Waals surface area contributed by atoms with Gasteiger partial charge in [-0.05, 0) is 10.4 Å². The Labute approximate surface area is 61.6 Å². The molecule has 0 aliphatic carbocycles. The molecular formula is C3H6N6O2. The van der Waals surface area contributed by atoms with Crippen LogP contribution in [-0.4, -0.2) is 32.1 Å². The number of rotatable bonds is 3. The lowest BCUT2D eigenvalue weighted by Gasteiger charge is -1.94. The second-order valence-corrected chi connectivity index (χ2v) is 1.65. The van der Waals surface area contributed by atoms with Gasteiger partial charge in [-0.1, -0.05) is 4.86 Å². The fourth-order valence-corrected chi connectivity index (χ4v) is 0.406. The average molecular weight is 158 g/mol. The molecule has 0 aliphatic rings. The topological polar surface area (TPSA) is 91.3 Å². The fraction of sp³-hybridized carbons (Fsp3) is 0.667. The fourth-order valence-electron chi connectivity index (χ4n) is 0.406. The Kier molecular flexibility index (Phi) is 2.31. The van der Waals surface area contributed by atoms with E-state index in [2.05, 4.69) is 25.6 Å². The summed E-state index contributed by atoms with van der Waals surface area (Å²) in [5.74, 6) is 0. The molecule has 1 rings (SSSR count). The molecule has 0 aromatic carbocycles. The lowest BCUT2D eigenvalue weighted by atomic mass is 11.1. The van der Waals surface area contributed by atoms with Crippen molar-refractivity contribution in [3.05, 3.63) is 11.5 Å². The molecule has 8 nitrogen and oxygen atoms in total. The van der Waals surface area contributed by atoms with E-state index in [9.17, 15) is 5.21 Å². The first kappa shape index (κ1) is 7.38. The van der Waals surface area contributed by atoms with E-state index in [0.29, 0.717) is 4.86 Å². The molecule has 0 saturated heterocycles. The van der Waals surface area contributed by atoms with Gasteiger partial charge >= 0.3 is 0 Å². The van der Waals surface area contributed by atoms with E-state index in [1.165, 1.54) is 18.1 Å². The lowest BCUT2D eigenvalue weighted by molar-refractivity contribution is -0.532. The molecule has 0 N–H and O–H groups in total. The summed E-state index contributed by atoms with van der Waals surface area (Å²) < 4.78 is 1.28. The second kappa shape index (κ2) is 3.44. The van der Waals surface area contributed by atoms with Crippen LogP contribution < -0.4 is 0 Å². The van der Waals surface area contributed by atoms with Crippen LogP contribution >= 0.6 is 0 Å². The Morgan fingerprint density at radius 1 is 1.82 bits per heavy atom. The second-order valence-electron chi connectivity index (χ2n) is 1.65. The number of hydroxylamine groups is 1. The van der Waals surface area contributed by atoms with Crippen molar-refractivity contribution in [2.75, 3.05) is 7.05 Å². The summed E-state index contributed by atoms with van der Waals surface area (Å²) in [4.78, 5) is 4.79. The number of hydrogen-bond donors (Lipinski definition) is 0. The van der Waals surface area contributed by atoms with E-state index in [0.717, 1.165) is 0 Å². The van der Waals surface area contributed by atoms with Crippen LogP contribution in [0.15, 0.2) is 11.6 Å². The Hall–Kier alpha value is -1.73. The minimum Gasteiger partial charge on any atom is -0.598 e. The van der Waals surface area contributed by atoms with Gasteiger partial charge in [-0.2, -0.15) is 4.68 Å². The van der Waals surface area contributed by atoms with Crippen molar-refractivity contribution in [1.29, 1.82) is 0 Å². The predicted octanol–water partition coefficient (Wildman–Crippen LogP) is -0.846.